The standard InChI is InChI=1S/C23H20FN3O4/c1-12(11-28)26-22(30)18-16-8-14(7-13-3-5-15(24)6-4-13)9-25-20(16)21(29)19-17(18)10-27(2)23(19)31/h3-6,8-9,11,28-29H,7,10H2,1-2H3,(H,26,30)/b12-11+. The Labute approximate surface area is 177 Å². The first-order chi connectivity index (χ1) is 14.8. The third kappa shape index (κ3) is 3.56. The van der Waals surface area contributed by atoms with Crippen molar-refractivity contribution < 1.29 is 24.2 Å². The number of aliphatic hydroxyl groups excluding tert-OH is 1. The number of amides is 2. The van der Waals surface area contributed by atoms with Gasteiger partial charge < -0.3 is 20.4 Å². The van der Waals surface area contributed by atoms with Crippen molar-refractivity contribution in [2.45, 2.75) is 19.9 Å². The molecule has 4 rings (SSSR count). The SMILES string of the molecule is C/C(=C\O)NC(=O)c1c2c(c(O)c3ncc(Cc4ccc(F)cc4)cc13)C(=O)N(C)C2. The summed E-state index contributed by atoms with van der Waals surface area (Å²) in [4.78, 5) is 31.4. The maximum Gasteiger partial charge on any atom is 0.258 e. The molecule has 0 atom stereocenters. The number of halogens is 1. The Hall–Kier alpha value is -3.94. The van der Waals surface area contributed by atoms with Gasteiger partial charge >= 0.3 is 0 Å². The summed E-state index contributed by atoms with van der Waals surface area (Å²) in [6, 6.07) is 7.80. The largest absolute Gasteiger partial charge is 0.514 e. The Balaban J connectivity index is 1.91. The number of aliphatic hydroxyl groups is 1. The van der Waals surface area contributed by atoms with Crippen molar-refractivity contribution >= 4 is 22.7 Å². The van der Waals surface area contributed by atoms with Gasteiger partial charge in [0, 0.05) is 36.4 Å². The lowest BCUT2D eigenvalue weighted by molar-refractivity contribution is 0.0813. The highest BCUT2D eigenvalue weighted by Gasteiger charge is 2.35. The van der Waals surface area contributed by atoms with Crippen LogP contribution in [0.1, 0.15) is 44.3 Å². The lowest BCUT2D eigenvalue weighted by Gasteiger charge is -2.14. The number of aromatic hydroxyl groups is 1. The Bertz CT molecular complexity index is 1250. The molecule has 158 valence electrons. The molecule has 0 spiro atoms. The molecule has 3 aromatic rings. The summed E-state index contributed by atoms with van der Waals surface area (Å²) in [5.41, 5.74) is 2.66. The molecule has 2 amide bonds. The smallest absolute Gasteiger partial charge is 0.258 e. The lowest BCUT2D eigenvalue weighted by atomic mass is 9.94. The van der Waals surface area contributed by atoms with Gasteiger partial charge in [0.25, 0.3) is 11.8 Å². The summed E-state index contributed by atoms with van der Waals surface area (Å²) in [7, 11) is 1.58. The molecule has 0 saturated carbocycles. The van der Waals surface area contributed by atoms with Crippen LogP contribution in [0.3, 0.4) is 0 Å². The molecular weight excluding hydrogens is 401 g/mol. The van der Waals surface area contributed by atoms with E-state index in [9.17, 15) is 24.2 Å². The van der Waals surface area contributed by atoms with Gasteiger partial charge in [-0.2, -0.15) is 0 Å². The molecule has 0 saturated heterocycles. The molecule has 0 radical (unpaired) electrons. The van der Waals surface area contributed by atoms with E-state index in [2.05, 4.69) is 10.3 Å². The van der Waals surface area contributed by atoms with Crippen molar-refractivity contribution in [1.82, 2.24) is 15.2 Å². The highest BCUT2D eigenvalue weighted by Crippen LogP contribution is 2.39. The minimum Gasteiger partial charge on any atom is -0.514 e. The Kier molecular flexibility index (Phi) is 5.06. The van der Waals surface area contributed by atoms with Crippen LogP contribution >= 0.6 is 0 Å². The van der Waals surface area contributed by atoms with E-state index in [1.807, 2.05) is 0 Å². The van der Waals surface area contributed by atoms with Gasteiger partial charge in [-0.05, 0) is 42.7 Å². The molecule has 1 aliphatic rings. The average molecular weight is 421 g/mol. The number of phenols is 1. The molecule has 0 bridgehead atoms. The zero-order valence-electron chi connectivity index (χ0n) is 16.9. The van der Waals surface area contributed by atoms with E-state index >= 15 is 0 Å². The quantitative estimate of drug-likeness (QED) is 0.561. The monoisotopic (exact) mass is 421 g/mol. The number of pyridine rings is 1. The zero-order valence-corrected chi connectivity index (χ0v) is 16.9. The van der Waals surface area contributed by atoms with Crippen molar-refractivity contribution in [1.29, 1.82) is 0 Å². The molecule has 0 aliphatic carbocycles. The average Bonchev–Trinajstić information content (AvgIpc) is 3.04. The number of aromatic nitrogens is 1. The van der Waals surface area contributed by atoms with Crippen LogP contribution in [0.15, 0.2) is 48.5 Å². The van der Waals surface area contributed by atoms with Gasteiger partial charge in [0.15, 0.2) is 5.75 Å². The van der Waals surface area contributed by atoms with E-state index in [1.165, 1.54) is 24.0 Å². The number of nitrogens with zero attached hydrogens (tertiary/aromatic N) is 2. The normalized spacial score (nSPS) is 13.6. The summed E-state index contributed by atoms with van der Waals surface area (Å²) < 4.78 is 13.2. The van der Waals surface area contributed by atoms with Gasteiger partial charge in [-0.1, -0.05) is 12.1 Å². The topological polar surface area (TPSA) is 103 Å². The van der Waals surface area contributed by atoms with Crippen molar-refractivity contribution in [3.8, 4) is 5.75 Å². The van der Waals surface area contributed by atoms with Crippen molar-refractivity contribution in [2.75, 3.05) is 7.05 Å². The summed E-state index contributed by atoms with van der Waals surface area (Å²) in [6.45, 7) is 1.68. The number of hydrogen-bond acceptors (Lipinski definition) is 5. The number of carbonyl (C=O) groups excluding carboxylic acids is 2. The molecule has 31 heavy (non-hydrogen) atoms. The first kappa shape index (κ1) is 20.3. The zero-order chi connectivity index (χ0) is 22.3. The summed E-state index contributed by atoms with van der Waals surface area (Å²) in [5, 5.41) is 22.9. The van der Waals surface area contributed by atoms with Crippen LogP contribution in [-0.4, -0.2) is 39.0 Å². The van der Waals surface area contributed by atoms with E-state index < -0.39 is 11.8 Å². The van der Waals surface area contributed by atoms with Crippen LogP contribution < -0.4 is 5.32 Å². The minimum atomic E-state index is -0.520. The van der Waals surface area contributed by atoms with Crippen molar-refractivity contribution in [2.24, 2.45) is 0 Å². The number of carbonyl (C=O) groups is 2. The van der Waals surface area contributed by atoms with Crippen LogP contribution in [-0.2, 0) is 13.0 Å². The Morgan fingerprint density at radius 1 is 1.29 bits per heavy atom. The van der Waals surface area contributed by atoms with Crippen LogP contribution in [0.25, 0.3) is 10.9 Å². The van der Waals surface area contributed by atoms with Crippen LogP contribution in [0.5, 0.6) is 5.75 Å². The van der Waals surface area contributed by atoms with E-state index in [1.54, 1.807) is 31.4 Å². The Morgan fingerprint density at radius 3 is 2.68 bits per heavy atom. The van der Waals surface area contributed by atoms with E-state index in [4.69, 9.17) is 0 Å². The van der Waals surface area contributed by atoms with E-state index in [-0.39, 0.29) is 40.5 Å². The predicted octanol–water partition coefficient (Wildman–Crippen LogP) is 3.41. The number of allylic oxidation sites excluding steroid dienone is 1. The maximum absolute atomic E-state index is 13.2. The number of fused-ring (bicyclic) bond motifs is 2. The fourth-order valence-electron chi connectivity index (χ4n) is 3.79. The van der Waals surface area contributed by atoms with Gasteiger partial charge in [0.1, 0.15) is 11.3 Å². The number of rotatable bonds is 4. The second kappa shape index (κ2) is 7.71. The van der Waals surface area contributed by atoms with E-state index in [0.717, 1.165) is 17.4 Å². The van der Waals surface area contributed by atoms with Gasteiger partial charge in [0.05, 0.1) is 17.4 Å². The Morgan fingerprint density at radius 2 is 2.00 bits per heavy atom. The molecule has 7 nitrogen and oxygen atoms in total. The molecule has 0 fully saturated rings. The van der Waals surface area contributed by atoms with Gasteiger partial charge in [0.2, 0.25) is 0 Å². The third-order valence-electron chi connectivity index (χ3n) is 5.29. The molecule has 2 heterocycles. The number of hydrogen-bond donors (Lipinski definition) is 3. The minimum absolute atomic E-state index is 0.0598. The fourth-order valence-corrected chi connectivity index (χ4v) is 3.79. The van der Waals surface area contributed by atoms with Crippen molar-refractivity contribution in [3.63, 3.8) is 0 Å². The second-order valence-electron chi connectivity index (χ2n) is 7.55. The van der Waals surface area contributed by atoms with Gasteiger partial charge in [-0.25, -0.2) is 4.39 Å². The molecule has 1 aromatic heterocycles. The highest BCUT2D eigenvalue weighted by molar-refractivity contribution is 6.16. The van der Waals surface area contributed by atoms with Crippen LogP contribution in [0, 0.1) is 5.82 Å². The lowest BCUT2D eigenvalue weighted by Crippen LogP contribution is -2.23. The van der Waals surface area contributed by atoms with Gasteiger partial charge in [-0.3, -0.25) is 14.6 Å². The number of nitrogens with one attached hydrogen (secondary N) is 1. The highest BCUT2D eigenvalue weighted by atomic mass is 19.1. The fraction of sp³-hybridized carbons (Fsp3) is 0.174. The summed E-state index contributed by atoms with van der Waals surface area (Å²) >= 11 is 0. The molecular formula is C23H20FN3O4. The maximum atomic E-state index is 13.2. The number of benzene rings is 2. The first-order valence-corrected chi connectivity index (χ1v) is 9.58. The van der Waals surface area contributed by atoms with Crippen LogP contribution in [0.2, 0.25) is 0 Å². The summed E-state index contributed by atoms with van der Waals surface area (Å²) in [5.74, 6) is -1.51. The first-order valence-electron chi connectivity index (χ1n) is 9.58. The van der Waals surface area contributed by atoms with E-state index in [0.29, 0.717) is 17.4 Å². The molecule has 0 unspecified atom stereocenters. The van der Waals surface area contributed by atoms with Crippen LogP contribution in [0.4, 0.5) is 4.39 Å². The molecule has 2 aromatic carbocycles. The van der Waals surface area contributed by atoms with Gasteiger partial charge in [-0.15, -0.1) is 0 Å². The molecule has 1 aliphatic heterocycles. The third-order valence-corrected chi connectivity index (χ3v) is 5.29. The van der Waals surface area contributed by atoms with Crippen molar-refractivity contribution in [3.05, 3.63) is 82.1 Å². The number of phenolic OH excluding ortho intramolecular Hbond substituents is 1. The molecule has 8 heteroatoms. The summed E-state index contributed by atoms with van der Waals surface area (Å²) in [6.07, 6.45) is 2.77. The molecule has 3 N–H and O–H groups in total. The second-order valence-corrected chi connectivity index (χ2v) is 7.55. The predicted molar refractivity (Wildman–Crippen MR) is 112 cm³/mol.